The maximum absolute atomic E-state index is 2.77. The third kappa shape index (κ3) is 1.28. The van der Waals surface area contributed by atoms with E-state index in [1.165, 1.54) is 27.1 Å². The Labute approximate surface area is 97.3 Å². The fourth-order valence-corrected chi connectivity index (χ4v) is 2.67. The summed E-state index contributed by atoms with van der Waals surface area (Å²) in [6, 6.07) is 15.2. The lowest BCUT2D eigenvalue weighted by Gasteiger charge is -2.02. The lowest BCUT2D eigenvalue weighted by molar-refractivity contribution is 0.827. The normalized spacial score (nSPS) is 11.4. The summed E-state index contributed by atoms with van der Waals surface area (Å²) >= 11 is 0. The van der Waals surface area contributed by atoms with Gasteiger partial charge in [0, 0.05) is 28.4 Å². The van der Waals surface area contributed by atoms with Gasteiger partial charge < -0.3 is 4.57 Å². The zero-order chi connectivity index (χ0) is 11.1. The summed E-state index contributed by atoms with van der Waals surface area (Å²) in [6.07, 6.45) is 0. The Hall–Kier alpha value is -1.33. The maximum Gasteiger partial charge on any atom is 0.0491 e. The number of rotatable bonds is 1. The minimum atomic E-state index is 1.01. The molecule has 0 amide bonds. The van der Waals surface area contributed by atoms with Gasteiger partial charge in [0.15, 0.2) is 0 Å². The number of aromatic nitrogens is 1. The van der Waals surface area contributed by atoms with Crippen LogP contribution in [0.3, 0.4) is 0 Å². The molecule has 0 saturated heterocycles. The molecule has 1 nitrogen and oxygen atoms in total. The van der Waals surface area contributed by atoms with E-state index in [0.717, 1.165) is 6.54 Å². The summed E-state index contributed by atoms with van der Waals surface area (Å²) in [5.74, 6) is 0. The number of benzene rings is 2. The van der Waals surface area contributed by atoms with Gasteiger partial charge in [-0.25, -0.2) is 0 Å². The predicted octanol–water partition coefficient (Wildman–Crippen LogP) is 3.31. The molecule has 0 bridgehead atoms. The molecule has 0 N–H and O–H groups in total. The average Bonchev–Trinajstić information content (AvgIpc) is 2.62. The average molecular weight is 227 g/mol. The first-order valence-electron chi connectivity index (χ1n) is 5.57. The molecule has 80 valence electrons. The zero-order valence-electron chi connectivity index (χ0n) is 9.27. The molecular formula is C14H14NP. The van der Waals surface area contributed by atoms with Crippen LogP contribution in [-0.4, -0.2) is 4.57 Å². The van der Waals surface area contributed by atoms with Gasteiger partial charge in [-0.05, 0) is 30.4 Å². The van der Waals surface area contributed by atoms with Crippen molar-refractivity contribution < 1.29 is 0 Å². The summed E-state index contributed by atoms with van der Waals surface area (Å²) in [7, 11) is 2.77. The van der Waals surface area contributed by atoms with E-state index in [4.69, 9.17) is 0 Å². The van der Waals surface area contributed by atoms with E-state index >= 15 is 0 Å². The summed E-state index contributed by atoms with van der Waals surface area (Å²) in [6.45, 7) is 3.21. The predicted molar refractivity (Wildman–Crippen MR) is 74.5 cm³/mol. The van der Waals surface area contributed by atoms with Crippen LogP contribution < -0.4 is 5.30 Å². The number of hydrogen-bond acceptors (Lipinski definition) is 0. The molecule has 0 radical (unpaired) electrons. The Balaban J connectivity index is 2.59. The third-order valence-electron chi connectivity index (χ3n) is 3.11. The van der Waals surface area contributed by atoms with E-state index in [1.807, 2.05) is 0 Å². The van der Waals surface area contributed by atoms with Crippen LogP contribution in [0.4, 0.5) is 0 Å². The van der Waals surface area contributed by atoms with Gasteiger partial charge in [0.25, 0.3) is 0 Å². The highest BCUT2D eigenvalue weighted by Gasteiger charge is 2.08. The molecule has 16 heavy (non-hydrogen) atoms. The molecule has 0 spiro atoms. The number of para-hydroxylation sites is 1. The Morgan fingerprint density at radius 2 is 1.75 bits per heavy atom. The van der Waals surface area contributed by atoms with Crippen molar-refractivity contribution in [1.82, 2.24) is 4.57 Å². The zero-order valence-corrected chi connectivity index (χ0v) is 10.4. The van der Waals surface area contributed by atoms with Gasteiger partial charge in [-0.15, -0.1) is 9.24 Å². The van der Waals surface area contributed by atoms with E-state index in [9.17, 15) is 0 Å². The van der Waals surface area contributed by atoms with Crippen LogP contribution in [0.25, 0.3) is 21.8 Å². The van der Waals surface area contributed by atoms with E-state index in [1.54, 1.807) is 0 Å². The standard InChI is InChI=1S/C14H14NP/c1-2-15-13-6-4-3-5-11(13)12-9-10(16)7-8-14(12)15/h3-9H,2,16H2,1H3. The molecule has 1 unspecified atom stereocenters. The Kier molecular flexibility index (Phi) is 2.22. The molecule has 2 aromatic carbocycles. The van der Waals surface area contributed by atoms with Crippen LogP contribution in [0.1, 0.15) is 6.92 Å². The van der Waals surface area contributed by atoms with Crippen molar-refractivity contribution in [3.05, 3.63) is 42.5 Å². The van der Waals surface area contributed by atoms with Gasteiger partial charge in [0.2, 0.25) is 0 Å². The summed E-state index contributed by atoms with van der Waals surface area (Å²) in [5, 5.41) is 3.94. The lowest BCUT2D eigenvalue weighted by Crippen LogP contribution is -1.94. The van der Waals surface area contributed by atoms with E-state index in [0.29, 0.717) is 0 Å². The second-order valence-electron chi connectivity index (χ2n) is 4.04. The summed E-state index contributed by atoms with van der Waals surface area (Å²) in [5.41, 5.74) is 2.66. The molecule has 1 aromatic heterocycles. The van der Waals surface area contributed by atoms with Crippen molar-refractivity contribution >= 4 is 36.4 Å². The molecule has 1 heterocycles. The molecule has 0 fully saturated rings. The van der Waals surface area contributed by atoms with Gasteiger partial charge in [0.05, 0.1) is 0 Å². The Morgan fingerprint density at radius 3 is 2.56 bits per heavy atom. The highest BCUT2D eigenvalue weighted by molar-refractivity contribution is 7.27. The minimum absolute atomic E-state index is 1.01. The monoisotopic (exact) mass is 227 g/mol. The maximum atomic E-state index is 2.77. The fourth-order valence-electron chi connectivity index (χ4n) is 2.41. The lowest BCUT2D eigenvalue weighted by atomic mass is 10.1. The largest absolute Gasteiger partial charge is 0.341 e. The molecule has 0 aliphatic carbocycles. The fraction of sp³-hybridized carbons (Fsp3) is 0.143. The topological polar surface area (TPSA) is 4.93 Å². The quantitative estimate of drug-likeness (QED) is 0.562. The highest BCUT2D eigenvalue weighted by atomic mass is 31.0. The van der Waals surface area contributed by atoms with Crippen molar-refractivity contribution in [2.45, 2.75) is 13.5 Å². The number of nitrogens with zero attached hydrogens (tertiary/aromatic N) is 1. The molecule has 3 aromatic rings. The van der Waals surface area contributed by atoms with Crippen molar-refractivity contribution in [3.63, 3.8) is 0 Å². The van der Waals surface area contributed by atoms with Crippen molar-refractivity contribution in [1.29, 1.82) is 0 Å². The highest BCUT2D eigenvalue weighted by Crippen LogP contribution is 2.28. The van der Waals surface area contributed by atoms with Crippen LogP contribution in [0.2, 0.25) is 0 Å². The SMILES string of the molecule is CCn1c2ccccc2c2cc(P)ccc21. The second kappa shape index (κ2) is 3.61. The van der Waals surface area contributed by atoms with Gasteiger partial charge in [0.1, 0.15) is 0 Å². The molecule has 2 heteroatoms. The Bertz CT molecular complexity index is 667. The van der Waals surface area contributed by atoms with Crippen molar-refractivity contribution in [3.8, 4) is 0 Å². The van der Waals surface area contributed by atoms with Gasteiger partial charge >= 0.3 is 0 Å². The van der Waals surface area contributed by atoms with Gasteiger partial charge in [-0.2, -0.15) is 0 Å². The van der Waals surface area contributed by atoms with Gasteiger partial charge in [-0.3, -0.25) is 0 Å². The molecule has 0 aliphatic rings. The first-order valence-corrected chi connectivity index (χ1v) is 6.15. The van der Waals surface area contributed by atoms with Crippen LogP contribution >= 0.6 is 9.24 Å². The van der Waals surface area contributed by atoms with Crippen molar-refractivity contribution in [2.24, 2.45) is 0 Å². The first-order chi connectivity index (χ1) is 7.81. The number of hydrogen-bond donors (Lipinski definition) is 0. The summed E-state index contributed by atoms with van der Waals surface area (Å²) < 4.78 is 2.37. The second-order valence-corrected chi connectivity index (χ2v) is 4.70. The van der Waals surface area contributed by atoms with E-state index < -0.39 is 0 Å². The molecule has 3 rings (SSSR count). The van der Waals surface area contributed by atoms with Crippen LogP contribution in [0.5, 0.6) is 0 Å². The minimum Gasteiger partial charge on any atom is -0.341 e. The van der Waals surface area contributed by atoms with Crippen LogP contribution in [0, 0.1) is 0 Å². The van der Waals surface area contributed by atoms with E-state index in [-0.39, 0.29) is 0 Å². The smallest absolute Gasteiger partial charge is 0.0491 e. The molecule has 1 atom stereocenters. The molecule has 0 saturated carbocycles. The third-order valence-corrected chi connectivity index (χ3v) is 3.47. The number of aryl methyl sites for hydroxylation is 1. The Morgan fingerprint density at radius 1 is 1.00 bits per heavy atom. The number of fused-ring (bicyclic) bond motifs is 3. The first kappa shape index (κ1) is 9.86. The van der Waals surface area contributed by atoms with E-state index in [2.05, 4.69) is 63.2 Å². The molecular weight excluding hydrogens is 213 g/mol. The molecule has 0 aliphatic heterocycles. The van der Waals surface area contributed by atoms with Crippen LogP contribution in [-0.2, 0) is 6.54 Å². The van der Waals surface area contributed by atoms with Crippen LogP contribution in [0.15, 0.2) is 42.5 Å². The van der Waals surface area contributed by atoms with Gasteiger partial charge in [-0.1, -0.05) is 24.3 Å². The van der Waals surface area contributed by atoms with Crippen molar-refractivity contribution in [2.75, 3.05) is 0 Å². The summed E-state index contributed by atoms with van der Waals surface area (Å²) in [4.78, 5) is 0.